The first-order valence-electron chi connectivity index (χ1n) is 8.38. The first-order valence-corrected chi connectivity index (χ1v) is 9.17. The maximum absolute atomic E-state index is 11.1. The van der Waals surface area contributed by atoms with E-state index in [0.717, 1.165) is 27.7 Å². The van der Waals surface area contributed by atoms with Crippen LogP contribution in [0.5, 0.6) is 0 Å². The molecule has 6 heteroatoms. The third kappa shape index (κ3) is 2.83. The van der Waals surface area contributed by atoms with Gasteiger partial charge in [0.05, 0.1) is 0 Å². The van der Waals surface area contributed by atoms with Gasteiger partial charge in [0.15, 0.2) is 5.69 Å². The second kappa shape index (κ2) is 5.92. The SMILES string of the molecule is CCc1nc(C(=O)O)cn1Cc1ccc(N2CC3CC3C2)cc1Br. The fourth-order valence-corrected chi connectivity index (χ4v) is 4.12. The first-order chi connectivity index (χ1) is 11.5. The molecule has 4 rings (SSSR count). The van der Waals surface area contributed by atoms with E-state index in [1.807, 2.05) is 11.5 Å². The van der Waals surface area contributed by atoms with Crippen LogP contribution in [0, 0.1) is 11.8 Å². The molecule has 2 atom stereocenters. The summed E-state index contributed by atoms with van der Waals surface area (Å²) >= 11 is 3.68. The van der Waals surface area contributed by atoms with Gasteiger partial charge in [-0.25, -0.2) is 9.78 Å². The first kappa shape index (κ1) is 15.7. The second-order valence-electron chi connectivity index (χ2n) is 6.77. The van der Waals surface area contributed by atoms with Gasteiger partial charge in [0.25, 0.3) is 0 Å². The van der Waals surface area contributed by atoms with Gasteiger partial charge < -0.3 is 14.6 Å². The Morgan fingerprint density at radius 1 is 1.38 bits per heavy atom. The summed E-state index contributed by atoms with van der Waals surface area (Å²) in [5.74, 6) is 1.64. The molecule has 2 heterocycles. The number of carboxylic acids is 1. The predicted octanol–water partition coefficient (Wildman–Crippen LogP) is 3.41. The average Bonchev–Trinajstić information content (AvgIpc) is 2.98. The molecular formula is C18H20BrN3O2. The summed E-state index contributed by atoms with van der Waals surface area (Å²) in [5, 5.41) is 9.13. The normalized spacial score (nSPS) is 21.8. The number of anilines is 1. The van der Waals surface area contributed by atoms with Crippen LogP contribution < -0.4 is 4.90 Å². The molecule has 1 N–H and O–H groups in total. The van der Waals surface area contributed by atoms with Crippen molar-refractivity contribution in [3.63, 3.8) is 0 Å². The third-order valence-corrected chi connectivity index (χ3v) is 5.85. The Bertz CT molecular complexity index is 792. The van der Waals surface area contributed by atoms with E-state index in [4.69, 9.17) is 5.11 Å². The van der Waals surface area contributed by atoms with Gasteiger partial charge in [-0.1, -0.05) is 28.9 Å². The number of rotatable bonds is 5. The highest BCUT2D eigenvalue weighted by Crippen LogP contribution is 2.46. The van der Waals surface area contributed by atoms with E-state index in [9.17, 15) is 4.79 Å². The van der Waals surface area contributed by atoms with Gasteiger partial charge in [0.2, 0.25) is 0 Å². The van der Waals surface area contributed by atoms with E-state index in [1.54, 1.807) is 6.20 Å². The highest BCUT2D eigenvalue weighted by atomic mass is 79.9. The maximum Gasteiger partial charge on any atom is 0.356 e. The molecule has 2 aliphatic rings. The van der Waals surface area contributed by atoms with Crippen LogP contribution in [0.15, 0.2) is 28.9 Å². The average molecular weight is 390 g/mol. The summed E-state index contributed by atoms with van der Waals surface area (Å²) in [6.45, 7) is 4.97. The summed E-state index contributed by atoms with van der Waals surface area (Å²) in [7, 11) is 0. The molecule has 1 saturated carbocycles. The number of hydrogen-bond acceptors (Lipinski definition) is 3. The number of fused-ring (bicyclic) bond motifs is 1. The molecule has 1 aromatic carbocycles. The monoisotopic (exact) mass is 389 g/mol. The van der Waals surface area contributed by atoms with Crippen molar-refractivity contribution in [2.24, 2.45) is 11.8 Å². The van der Waals surface area contributed by atoms with Gasteiger partial charge in [-0.2, -0.15) is 0 Å². The molecule has 0 spiro atoms. The Balaban J connectivity index is 1.55. The zero-order valence-corrected chi connectivity index (χ0v) is 15.2. The van der Waals surface area contributed by atoms with E-state index in [2.05, 4.69) is 44.0 Å². The van der Waals surface area contributed by atoms with E-state index in [1.165, 1.54) is 25.2 Å². The van der Waals surface area contributed by atoms with Crippen molar-refractivity contribution in [1.82, 2.24) is 9.55 Å². The highest BCUT2D eigenvalue weighted by molar-refractivity contribution is 9.10. The fourth-order valence-electron chi connectivity index (χ4n) is 3.63. The molecule has 0 amide bonds. The number of carbonyl (C=O) groups is 1. The van der Waals surface area contributed by atoms with Crippen LogP contribution in [0.3, 0.4) is 0 Å². The lowest BCUT2D eigenvalue weighted by Crippen LogP contribution is -2.21. The molecule has 5 nitrogen and oxygen atoms in total. The largest absolute Gasteiger partial charge is 0.476 e. The van der Waals surface area contributed by atoms with Crippen LogP contribution in [0.2, 0.25) is 0 Å². The molecule has 1 aromatic heterocycles. The van der Waals surface area contributed by atoms with Crippen molar-refractivity contribution in [3.8, 4) is 0 Å². The molecule has 0 bridgehead atoms. The van der Waals surface area contributed by atoms with E-state index >= 15 is 0 Å². The van der Waals surface area contributed by atoms with E-state index < -0.39 is 5.97 Å². The van der Waals surface area contributed by atoms with Crippen LogP contribution in [-0.4, -0.2) is 33.7 Å². The predicted molar refractivity (Wildman–Crippen MR) is 95.6 cm³/mol. The number of nitrogens with zero attached hydrogens (tertiary/aromatic N) is 3. The number of piperidine rings is 1. The summed E-state index contributed by atoms with van der Waals surface area (Å²) in [6, 6.07) is 6.48. The quantitative estimate of drug-likeness (QED) is 0.850. The zero-order valence-electron chi connectivity index (χ0n) is 13.6. The molecule has 0 radical (unpaired) electrons. The van der Waals surface area contributed by atoms with Crippen molar-refractivity contribution < 1.29 is 9.90 Å². The number of carboxylic acid groups (broad SMARTS) is 1. The molecule has 2 aromatic rings. The Morgan fingerprint density at radius 3 is 2.75 bits per heavy atom. The smallest absolute Gasteiger partial charge is 0.356 e. The number of aryl methyl sites for hydroxylation is 1. The minimum atomic E-state index is -0.981. The van der Waals surface area contributed by atoms with Crippen molar-refractivity contribution >= 4 is 27.6 Å². The van der Waals surface area contributed by atoms with Gasteiger partial charge in [-0.15, -0.1) is 0 Å². The van der Waals surface area contributed by atoms with E-state index in [-0.39, 0.29) is 5.69 Å². The lowest BCUT2D eigenvalue weighted by molar-refractivity contribution is 0.0691. The van der Waals surface area contributed by atoms with Crippen LogP contribution in [0.4, 0.5) is 5.69 Å². The van der Waals surface area contributed by atoms with Crippen LogP contribution in [0.1, 0.15) is 35.2 Å². The van der Waals surface area contributed by atoms with Crippen molar-refractivity contribution in [2.75, 3.05) is 18.0 Å². The number of halogens is 1. The van der Waals surface area contributed by atoms with E-state index in [0.29, 0.717) is 13.0 Å². The fraction of sp³-hybridized carbons (Fsp3) is 0.444. The van der Waals surface area contributed by atoms with Crippen LogP contribution in [0.25, 0.3) is 0 Å². The number of aromatic nitrogens is 2. The van der Waals surface area contributed by atoms with Gasteiger partial charge in [0, 0.05) is 42.4 Å². The van der Waals surface area contributed by atoms with Gasteiger partial charge in [-0.05, 0) is 36.0 Å². The molecule has 24 heavy (non-hydrogen) atoms. The molecule has 2 unspecified atom stereocenters. The molecule has 1 aliphatic carbocycles. The molecule has 2 fully saturated rings. The molecule has 1 saturated heterocycles. The standard InChI is InChI=1S/C18H20BrN3O2/c1-2-17-20-16(18(23)24)10-22(17)7-11-3-4-14(6-15(11)19)21-8-12-5-13(12)9-21/h3-4,6,10,12-13H,2,5,7-9H2,1H3,(H,23,24). The van der Waals surface area contributed by atoms with Crippen molar-refractivity contribution in [3.05, 3.63) is 46.0 Å². The molecular weight excluding hydrogens is 370 g/mol. The van der Waals surface area contributed by atoms with Crippen molar-refractivity contribution in [2.45, 2.75) is 26.3 Å². The Kier molecular flexibility index (Phi) is 3.87. The number of aromatic carboxylic acids is 1. The minimum Gasteiger partial charge on any atom is -0.476 e. The number of hydrogen-bond donors (Lipinski definition) is 1. The summed E-state index contributed by atoms with van der Waals surface area (Å²) < 4.78 is 2.99. The Hall–Kier alpha value is -1.82. The maximum atomic E-state index is 11.1. The minimum absolute atomic E-state index is 0.107. The third-order valence-electron chi connectivity index (χ3n) is 5.12. The lowest BCUT2D eigenvalue weighted by atomic mass is 10.2. The van der Waals surface area contributed by atoms with Crippen molar-refractivity contribution in [1.29, 1.82) is 0 Å². The number of benzene rings is 1. The second-order valence-corrected chi connectivity index (χ2v) is 7.62. The molecule has 126 valence electrons. The van der Waals surface area contributed by atoms with Crippen LogP contribution >= 0.6 is 15.9 Å². The Morgan fingerprint density at radius 2 is 2.12 bits per heavy atom. The van der Waals surface area contributed by atoms with Gasteiger partial charge >= 0.3 is 5.97 Å². The number of imidazole rings is 1. The molecule has 1 aliphatic heterocycles. The topological polar surface area (TPSA) is 58.4 Å². The summed E-state index contributed by atoms with van der Waals surface area (Å²) in [5.41, 5.74) is 2.51. The van der Waals surface area contributed by atoms with Gasteiger partial charge in [-0.3, -0.25) is 0 Å². The summed E-state index contributed by atoms with van der Waals surface area (Å²) in [6.07, 6.45) is 3.73. The highest BCUT2D eigenvalue weighted by Gasteiger charge is 2.45. The van der Waals surface area contributed by atoms with Crippen LogP contribution in [-0.2, 0) is 13.0 Å². The Labute approximate surface area is 149 Å². The lowest BCUT2D eigenvalue weighted by Gasteiger charge is -2.21. The summed E-state index contributed by atoms with van der Waals surface area (Å²) in [4.78, 5) is 17.8. The zero-order chi connectivity index (χ0) is 16.8. The van der Waals surface area contributed by atoms with Gasteiger partial charge in [0.1, 0.15) is 5.82 Å².